The number of rotatable bonds is 11. The van der Waals surface area contributed by atoms with Crippen molar-refractivity contribution >= 4 is 28.5 Å². The second-order valence-corrected chi connectivity index (χ2v) is 8.93. The van der Waals surface area contributed by atoms with Crippen LogP contribution in [0.1, 0.15) is 34.3 Å². The maximum atomic E-state index is 14.1. The van der Waals surface area contributed by atoms with E-state index in [0.717, 1.165) is 19.2 Å². The number of carboxylic acid groups (broad SMARTS) is 1. The molecule has 0 bridgehead atoms. The summed E-state index contributed by atoms with van der Waals surface area (Å²) >= 11 is 0.600. The van der Waals surface area contributed by atoms with Crippen molar-refractivity contribution in [2.45, 2.75) is 32.5 Å². The van der Waals surface area contributed by atoms with Crippen LogP contribution in [0.4, 0.5) is 23.0 Å². The van der Waals surface area contributed by atoms with Crippen molar-refractivity contribution in [1.82, 2.24) is 14.6 Å². The lowest BCUT2D eigenvalue weighted by Crippen LogP contribution is -2.41. The highest BCUT2D eigenvalue weighted by Gasteiger charge is 2.25. The smallest absolute Gasteiger partial charge is 0.344 e. The van der Waals surface area contributed by atoms with Crippen LogP contribution in [-0.4, -0.2) is 77.0 Å². The van der Waals surface area contributed by atoms with E-state index in [9.17, 15) is 33.0 Å². The molecule has 1 fully saturated rings. The minimum absolute atomic E-state index is 0.154. The summed E-state index contributed by atoms with van der Waals surface area (Å²) in [5.41, 5.74) is -1.45. The van der Waals surface area contributed by atoms with E-state index in [2.05, 4.69) is 19.9 Å². The van der Waals surface area contributed by atoms with E-state index in [1.165, 1.54) is 6.92 Å². The van der Waals surface area contributed by atoms with Gasteiger partial charge in [0.05, 0.1) is 24.9 Å². The summed E-state index contributed by atoms with van der Waals surface area (Å²) < 4.78 is 56.0. The fourth-order valence-corrected chi connectivity index (χ4v) is 4.25. The van der Waals surface area contributed by atoms with Crippen molar-refractivity contribution in [3.05, 3.63) is 40.2 Å². The normalized spacial score (nSPS) is 14.9. The Labute approximate surface area is 209 Å². The van der Waals surface area contributed by atoms with Gasteiger partial charge in [-0.15, -0.1) is 0 Å². The molecule has 1 unspecified atom stereocenters. The van der Waals surface area contributed by atoms with Gasteiger partial charge in [0.25, 0.3) is 0 Å². The molecular weight excluding hydrogens is 505 g/mol. The van der Waals surface area contributed by atoms with Crippen molar-refractivity contribution in [1.29, 1.82) is 0 Å². The number of aromatic nitrogens is 1. The highest BCUT2D eigenvalue weighted by atomic mass is 32.1. The quantitative estimate of drug-likeness (QED) is 0.257. The fraction of sp³-hybridized carbons (Fsp3) is 0.500. The van der Waals surface area contributed by atoms with Gasteiger partial charge in [0.2, 0.25) is 5.88 Å². The van der Waals surface area contributed by atoms with E-state index in [0.29, 0.717) is 44.1 Å². The van der Waals surface area contributed by atoms with Crippen LogP contribution in [0, 0.1) is 24.4 Å². The van der Waals surface area contributed by atoms with Crippen molar-refractivity contribution in [2.24, 2.45) is 0 Å². The summed E-state index contributed by atoms with van der Waals surface area (Å²) in [6.07, 6.45) is 0.402. The Balaban J connectivity index is 1.50. The van der Waals surface area contributed by atoms with Crippen LogP contribution < -0.4 is 15.4 Å². The van der Waals surface area contributed by atoms with Gasteiger partial charge in [-0.25, -0.2) is 22.8 Å². The van der Waals surface area contributed by atoms with Crippen molar-refractivity contribution in [2.75, 3.05) is 44.7 Å². The Morgan fingerprint density at radius 1 is 1.28 bits per heavy atom. The van der Waals surface area contributed by atoms with Gasteiger partial charge in [0.1, 0.15) is 17.4 Å². The van der Waals surface area contributed by atoms with Crippen LogP contribution in [0.25, 0.3) is 0 Å². The molecule has 2 aromatic rings. The van der Waals surface area contributed by atoms with Crippen molar-refractivity contribution in [3.8, 4) is 5.88 Å². The highest BCUT2D eigenvalue weighted by molar-refractivity contribution is 7.11. The van der Waals surface area contributed by atoms with Crippen LogP contribution in [0.2, 0.25) is 0 Å². The predicted octanol–water partition coefficient (Wildman–Crippen LogP) is 2.74. The van der Waals surface area contributed by atoms with Crippen molar-refractivity contribution in [3.63, 3.8) is 0 Å². The number of aliphatic hydroxyl groups excluding tert-OH is 1. The molecule has 0 saturated carbocycles. The van der Waals surface area contributed by atoms with Gasteiger partial charge in [0.15, 0.2) is 17.2 Å². The van der Waals surface area contributed by atoms with Gasteiger partial charge in [-0.3, -0.25) is 10.2 Å². The van der Waals surface area contributed by atoms with Crippen LogP contribution in [0.3, 0.4) is 0 Å². The predicted molar refractivity (Wildman–Crippen MR) is 124 cm³/mol. The number of carbonyl (C=O) groups excluding carboxylic acids is 1. The number of hydrogen-bond acceptors (Lipinski definition) is 8. The Bertz CT molecular complexity index is 1080. The number of aromatic carboxylic acids is 1. The maximum Gasteiger partial charge on any atom is 0.344 e. The SMILES string of the molecule is Cc1cc(F)c(COc2nsc(NC(=O)NCCCC(O)CN3CCOCC3)c2C(=O)O)c(F)c1F. The van der Waals surface area contributed by atoms with Gasteiger partial charge in [-0.05, 0) is 42.9 Å². The molecular formula is C22H27F3N4O6S. The third kappa shape index (κ3) is 7.29. The number of urea groups is 1. The number of carboxylic acids is 1. The number of nitrogens with zero attached hydrogens (tertiary/aromatic N) is 2. The Hall–Kier alpha value is -2.94. The molecule has 4 N–H and O–H groups in total. The zero-order valence-electron chi connectivity index (χ0n) is 19.5. The first-order chi connectivity index (χ1) is 17.2. The second kappa shape index (κ2) is 12.9. The molecule has 1 saturated heterocycles. The van der Waals surface area contributed by atoms with Crippen LogP contribution in [0.15, 0.2) is 6.07 Å². The molecule has 198 valence electrons. The molecule has 2 heterocycles. The fourth-order valence-electron chi connectivity index (χ4n) is 3.53. The lowest BCUT2D eigenvalue weighted by atomic mass is 10.1. The largest absolute Gasteiger partial charge is 0.477 e. The molecule has 1 aromatic carbocycles. The average molecular weight is 533 g/mol. The molecule has 0 aliphatic carbocycles. The van der Waals surface area contributed by atoms with Gasteiger partial charge in [-0.1, -0.05) is 0 Å². The minimum Gasteiger partial charge on any atom is -0.477 e. The molecule has 1 aromatic heterocycles. The summed E-state index contributed by atoms with van der Waals surface area (Å²) in [4.78, 5) is 26.0. The Morgan fingerprint density at radius 2 is 2.00 bits per heavy atom. The van der Waals surface area contributed by atoms with Crippen LogP contribution in [0.5, 0.6) is 5.88 Å². The number of amides is 2. The number of carbonyl (C=O) groups is 2. The Kier molecular flexibility index (Phi) is 9.87. The molecule has 0 spiro atoms. The zero-order chi connectivity index (χ0) is 26.2. The van der Waals surface area contributed by atoms with Gasteiger partial charge in [-0.2, -0.15) is 4.37 Å². The monoisotopic (exact) mass is 532 g/mol. The van der Waals surface area contributed by atoms with E-state index >= 15 is 0 Å². The van der Waals surface area contributed by atoms with Gasteiger partial charge < -0.3 is 25.0 Å². The van der Waals surface area contributed by atoms with E-state index in [1.54, 1.807) is 0 Å². The van der Waals surface area contributed by atoms with E-state index in [4.69, 9.17) is 9.47 Å². The standard InChI is InChI=1S/C22H27F3N4O6S/c1-12-9-15(23)14(18(25)17(12)24)11-35-19-16(21(31)32)20(36-28-19)27-22(33)26-4-2-3-13(30)10-29-5-7-34-8-6-29/h9,13,30H,2-8,10-11H2,1H3,(H,31,32)(H2,26,27,33). The minimum atomic E-state index is -1.49. The van der Waals surface area contributed by atoms with E-state index in [-0.39, 0.29) is 17.1 Å². The van der Waals surface area contributed by atoms with Crippen LogP contribution >= 0.6 is 11.5 Å². The molecule has 36 heavy (non-hydrogen) atoms. The summed E-state index contributed by atoms with van der Waals surface area (Å²) in [7, 11) is 0. The number of ether oxygens (including phenoxy) is 2. The molecule has 2 amide bonds. The lowest BCUT2D eigenvalue weighted by molar-refractivity contribution is 0.0129. The van der Waals surface area contributed by atoms with Gasteiger partial charge >= 0.3 is 12.0 Å². The third-order valence-electron chi connectivity index (χ3n) is 5.46. The molecule has 1 aliphatic rings. The molecule has 1 atom stereocenters. The molecule has 1 aliphatic heterocycles. The van der Waals surface area contributed by atoms with Crippen LogP contribution in [-0.2, 0) is 11.3 Å². The van der Waals surface area contributed by atoms with E-state index < -0.39 is 59.2 Å². The maximum absolute atomic E-state index is 14.1. The number of aliphatic hydroxyl groups is 1. The summed E-state index contributed by atoms with van der Waals surface area (Å²) in [6, 6.07) is 0.0999. The molecule has 10 nitrogen and oxygen atoms in total. The summed E-state index contributed by atoms with van der Waals surface area (Å²) in [5.74, 6) is -5.69. The Morgan fingerprint density at radius 3 is 2.69 bits per heavy atom. The number of anilines is 1. The highest BCUT2D eigenvalue weighted by Crippen LogP contribution is 2.31. The first-order valence-electron chi connectivity index (χ1n) is 11.2. The topological polar surface area (TPSA) is 133 Å². The number of nitrogens with one attached hydrogen (secondary N) is 2. The van der Waals surface area contributed by atoms with Crippen molar-refractivity contribution < 1.29 is 42.4 Å². The second-order valence-electron chi connectivity index (χ2n) is 8.16. The lowest BCUT2D eigenvalue weighted by Gasteiger charge is -2.28. The number of halogens is 3. The number of aryl methyl sites for hydroxylation is 1. The number of hydrogen-bond donors (Lipinski definition) is 4. The first-order valence-corrected chi connectivity index (χ1v) is 12.0. The number of β-amino-alcohol motifs (C(OH)–C–C–N with tert-alkyl or cyclic N) is 1. The number of benzene rings is 1. The van der Waals surface area contributed by atoms with E-state index in [1.807, 2.05) is 0 Å². The average Bonchev–Trinajstić information content (AvgIpc) is 3.23. The summed E-state index contributed by atoms with van der Waals surface area (Å²) in [5, 5.41) is 24.4. The number of morpholine rings is 1. The third-order valence-corrected chi connectivity index (χ3v) is 6.21. The first kappa shape index (κ1) is 27.6. The molecule has 14 heteroatoms. The molecule has 3 rings (SSSR count). The van der Waals surface area contributed by atoms with Gasteiger partial charge in [0, 0.05) is 26.2 Å². The zero-order valence-corrected chi connectivity index (χ0v) is 20.3. The molecule has 0 radical (unpaired) electrons. The summed E-state index contributed by atoms with van der Waals surface area (Å²) in [6.45, 7) is 3.93.